The average molecular weight is 355 g/mol. The first-order chi connectivity index (χ1) is 13.0. The van der Waals surface area contributed by atoms with Crippen LogP contribution in [0.2, 0.25) is 0 Å². The fourth-order valence-corrected chi connectivity index (χ4v) is 3.63. The third-order valence-corrected chi connectivity index (χ3v) is 4.71. The zero-order valence-electron chi connectivity index (χ0n) is 15.6. The molecule has 2 N–H and O–H groups in total. The van der Waals surface area contributed by atoms with E-state index in [2.05, 4.69) is 42.9 Å². The fourth-order valence-electron chi connectivity index (χ4n) is 3.63. The second kappa shape index (κ2) is 6.72. The van der Waals surface area contributed by atoms with Crippen molar-refractivity contribution in [1.82, 2.24) is 15.0 Å². The molecule has 0 unspecified atom stereocenters. The number of aromatic amines is 1. The molecular weight excluding hydrogens is 334 g/mol. The van der Waals surface area contributed by atoms with Crippen LogP contribution in [0.1, 0.15) is 16.7 Å². The molecule has 0 atom stereocenters. The van der Waals surface area contributed by atoms with Crippen molar-refractivity contribution in [2.24, 2.45) is 0 Å². The number of nitrogens with one attached hydrogen (secondary N) is 1. The molecule has 134 valence electrons. The summed E-state index contributed by atoms with van der Waals surface area (Å²) in [5.41, 5.74) is 8.32. The molecule has 2 heterocycles. The second-order valence-corrected chi connectivity index (χ2v) is 6.87. The summed E-state index contributed by atoms with van der Waals surface area (Å²) in [5, 5.41) is 9.93. The summed E-state index contributed by atoms with van der Waals surface area (Å²) >= 11 is 0. The lowest BCUT2D eigenvalue weighted by Gasteiger charge is -2.08. The predicted molar refractivity (Wildman–Crippen MR) is 109 cm³/mol. The Hall–Kier alpha value is -3.40. The van der Waals surface area contributed by atoms with E-state index in [1.54, 1.807) is 24.5 Å². The van der Waals surface area contributed by atoms with Crippen molar-refractivity contribution >= 4 is 0 Å². The normalized spacial score (nSPS) is 10.9. The van der Waals surface area contributed by atoms with Crippen LogP contribution in [-0.2, 0) is 0 Å². The molecular formula is C23H21N3O. The number of nitrogens with zero attached hydrogens (tertiary/aromatic N) is 2. The van der Waals surface area contributed by atoms with Crippen LogP contribution in [0, 0.1) is 20.8 Å². The van der Waals surface area contributed by atoms with Crippen molar-refractivity contribution in [2.45, 2.75) is 20.8 Å². The molecule has 2 aromatic carbocycles. The molecule has 0 aliphatic heterocycles. The van der Waals surface area contributed by atoms with Gasteiger partial charge in [-0.05, 0) is 56.2 Å². The van der Waals surface area contributed by atoms with Crippen molar-refractivity contribution in [2.75, 3.05) is 0 Å². The molecule has 0 spiro atoms. The first kappa shape index (κ1) is 17.0. The number of rotatable bonds is 3. The van der Waals surface area contributed by atoms with Gasteiger partial charge in [-0.3, -0.25) is 4.98 Å². The van der Waals surface area contributed by atoms with Gasteiger partial charge in [0.2, 0.25) is 0 Å². The van der Waals surface area contributed by atoms with Crippen LogP contribution in [0.25, 0.3) is 33.9 Å². The highest BCUT2D eigenvalue weighted by atomic mass is 16.3. The fraction of sp³-hybridized carbons (Fsp3) is 0.130. The number of hydrogen-bond donors (Lipinski definition) is 2. The van der Waals surface area contributed by atoms with Gasteiger partial charge in [-0.1, -0.05) is 29.8 Å². The van der Waals surface area contributed by atoms with Crippen molar-refractivity contribution in [3.05, 3.63) is 77.6 Å². The first-order valence-electron chi connectivity index (χ1n) is 8.91. The molecule has 0 fully saturated rings. The third-order valence-electron chi connectivity index (χ3n) is 4.71. The van der Waals surface area contributed by atoms with E-state index < -0.39 is 0 Å². The molecule has 4 heteroatoms. The van der Waals surface area contributed by atoms with E-state index in [1.807, 2.05) is 24.3 Å². The van der Waals surface area contributed by atoms with Crippen LogP contribution < -0.4 is 0 Å². The van der Waals surface area contributed by atoms with Gasteiger partial charge in [-0.2, -0.15) is 0 Å². The van der Waals surface area contributed by atoms with Crippen LogP contribution in [0.5, 0.6) is 5.75 Å². The molecule has 0 saturated heterocycles. The van der Waals surface area contributed by atoms with Gasteiger partial charge in [-0.25, -0.2) is 4.98 Å². The lowest BCUT2D eigenvalue weighted by molar-refractivity contribution is 0.475. The smallest absolute Gasteiger partial charge is 0.139 e. The average Bonchev–Trinajstić information content (AvgIpc) is 3.06. The first-order valence-corrected chi connectivity index (χ1v) is 8.91. The van der Waals surface area contributed by atoms with E-state index >= 15 is 0 Å². The van der Waals surface area contributed by atoms with E-state index in [0.29, 0.717) is 0 Å². The summed E-state index contributed by atoms with van der Waals surface area (Å²) in [6.45, 7) is 6.32. The predicted octanol–water partition coefficient (Wildman–Crippen LogP) is 5.44. The zero-order chi connectivity index (χ0) is 19.0. The van der Waals surface area contributed by atoms with E-state index in [0.717, 1.165) is 33.9 Å². The van der Waals surface area contributed by atoms with Gasteiger partial charge in [0.15, 0.2) is 0 Å². The number of phenolic OH excluding ortho intramolecular Hbond substituents is 1. The third kappa shape index (κ3) is 3.22. The Kier molecular flexibility index (Phi) is 4.24. The van der Waals surface area contributed by atoms with Crippen LogP contribution in [0.3, 0.4) is 0 Å². The maximum absolute atomic E-state index is 9.93. The summed E-state index contributed by atoms with van der Waals surface area (Å²) in [7, 11) is 0. The van der Waals surface area contributed by atoms with Gasteiger partial charge in [0.05, 0.1) is 11.4 Å². The molecule has 4 nitrogen and oxygen atoms in total. The standard InChI is InChI=1S/C23H21N3O/c1-14-11-15(2)20(16(3)12-14)23-25-21(17-7-9-24-10-8-17)22(26-23)18-5-4-6-19(27)13-18/h4-13,27H,1-3H3,(H,25,26). The molecule has 0 radical (unpaired) electrons. The number of pyridine rings is 1. The maximum Gasteiger partial charge on any atom is 0.139 e. The Morgan fingerprint density at radius 1 is 0.852 bits per heavy atom. The van der Waals surface area contributed by atoms with Gasteiger partial charge in [0.25, 0.3) is 0 Å². The Bertz CT molecular complexity index is 1090. The van der Waals surface area contributed by atoms with Gasteiger partial charge in [-0.15, -0.1) is 0 Å². The number of phenols is 1. The minimum Gasteiger partial charge on any atom is -0.508 e. The van der Waals surface area contributed by atoms with E-state index in [4.69, 9.17) is 4.98 Å². The van der Waals surface area contributed by atoms with E-state index in [1.165, 1.54) is 16.7 Å². The summed E-state index contributed by atoms with van der Waals surface area (Å²) in [4.78, 5) is 12.6. The SMILES string of the molecule is Cc1cc(C)c(-c2nc(-c3cccc(O)c3)c(-c3ccncc3)[nH]2)c(C)c1. The molecule has 0 aliphatic carbocycles. The molecule has 27 heavy (non-hydrogen) atoms. The van der Waals surface area contributed by atoms with Crippen molar-refractivity contribution in [3.8, 4) is 39.7 Å². The minimum absolute atomic E-state index is 0.223. The summed E-state index contributed by atoms with van der Waals surface area (Å²) in [6.07, 6.45) is 3.54. The molecule has 0 aliphatic rings. The van der Waals surface area contributed by atoms with Crippen molar-refractivity contribution < 1.29 is 5.11 Å². The monoisotopic (exact) mass is 355 g/mol. The highest BCUT2D eigenvalue weighted by Crippen LogP contribution is 2.35. The molecule has 2 aromatic heterocycles. The van der Waals surface area contributed by atoms with Crippen LogP contribution in [0.4, 0.5) is 0 Å². The number of aromatic hydroxyl groups is 1. The quantitative estimate of drug-likeness (QED) is 0.514. The molecule has 0 bridgehead atoms. The number of benzene rings is 2. The molecule has 4 rings (SSSR count). The zero-order valence-corrected chi connectivity index (χ0v) is 15.6. The largest absolute Gasteiger partial charge is 0.508 e. The topological polar surface area (TPSA) is 61.8 Å². The Morgan fingerprint density at radius 2 is 1.56 bits per heavy atom. The van der Waals surface area contributed by atoms with Gasteiger partial charge >= 0.3 is 0 Å². The van der Waals surface area contributed by atoms with Crippen LogP contribution >= 0.6 is 0 Å². The number of hydrogen-bond acceptors (Lipinski definition) is 3. The summed E-state index contributed by atoms with van der Waals surface area (Å²) < 4.78 is 0. The number of aromatic nitrogens is 3. The van der Waals surface area contributed by atoms with Gasteiger partial charge in [0.1, 0.15) is 11.6 Å². The molecule has 0 saturated carbocycles. The van der Waals surface area contributed by atoms with Crippen molar-refractivity contribution in [1.29, 1.82) is 0 Å². The van der Waals surface area contributed by atoms with Gasteiger partial charge in [0, 0.05) is 29.1 Å². The van der Waals surface area contributed by atoms with Crippen LogP contribution in [-0.4, -0.2) is 20.1 Å². The summed E-state index contributed by atoms with van der Waals surface area (Å²) in [5.74, 6) is 1.05. The summed E-state index contributed by atoms with van der Waals surface area (Å²) in [6, 6.07) is 15.4. The lowest BCUT2D eigenvalue weighted by atomic mass is 9.99. The Balaban J connectivity index is 1.97. The van der Waals surface area contributed by atoms with E-state index in [9.17, 15) is 5.11 Å². The van der Waals surface area contributed by atoms with Crippen molar-refractivity contribution in [3.63, 3.8) is 0 Å². The second-order valence-electron chi connectivity index (χ2n) is 6.87. The van der Waals surface area contributed by atoms with E-state index in [-0.39, 0.29) is 5.75 Å². The number of imidazole rings is 1. The maximum atomic E-state index is 9.93. The highest BCUT2D eigenvalue weighted by molar-refractivity contribution is 5.82. The Morgan fingerprint density at radius 3 is 2.22 bits per heavy atom. The number of aryl methyl sites for hydroxylation is 3. The molecule has 0 amide bonds. The highest BCUT2D eigenvalue weighted by Gasteiger charge is 2.18. The Labute approximate surface area is 158 Å². The number of H-pyrrole nitrogens is 1. The van der Waals surface area contributed by atoms with Gasteiger partial charge < -0.3 is 10.1 Å². The minimum atomic E-state index is 0.223. The molecule has 4 aromatic rings. The van der Waals surface area contributed by atoms with Crippen LogP contribution in [0.15, 0.2) is 60.9 Å². The lowest BCUT2D eigenvalue weighted by Crippen LogP contribution is -1.92.